The highest BCUT2D eigenvalue weighted by atomic mass is 35.5. The van der Waals surface area contributed by atoms with Crippen molar-refractivity contribution < 1.29 is 0 Å². The zero-order valence-electron chi connectivity index (χ0n) is 9.81. The number of hydrazine groups is 1. The van der Waals surface area contributed by atoms with E-state index in [2.05, 4.69) is 10.5 Å². The van der Waals surface area contributed by atoms with E-state index in [-0.39, 0.29) is 6.04 Å². The fourth-order valence-corrected chi connectivity index (χ4v) is 2.08. The van der Waals surface area contributed by atoms with Crippen LogP contribution in [0, 0.1) is 6.92 Å². The summed E-state index contributed by atoms with van der Waals surface area (Å²) in [4.78, 5) is 0. The highest BCUT2D eigenvalue weighted by Gasteiger charge is 2.17. The molecular weight excluding hydrogens is 236 g/mol. The van der Waals surface area contributed by atoms with Crippen LogP contribution >= 0.6 is 11.6 Å². The lowest BCUT2D eigenvalue weighted by molar-refractivity contribution is 0.635. The van der Waals surface area contributed by atoms with Gasteiger partial charge in [-0.3, -0.25) is 10.5 Å². The zero-order valence-corrected chi connectivity index (χ0v) is 10.6. The van der Waals surface area contributed by atoms with E-state index in [9.17, 15) is 0 Å². The average Bonchev–Trinajstić information content (AvgIpc) is 2.72. The lowest BCUT2D eigenvalue weighted by Crippen LogP contribution is -2.28. The summed E-state index contributed by atoms with van der Waals surface area (Å²) in [6, 6.07) is 5.77. The van der Waals surface area contributed by atoms with Crippen LogP contribution in [-0.2, 0) is 7.05 Å². The number of hydrogen-bond donors (Lipinski definition) is 2. The Morgan fingerprint density at radius 2 is 2.24 bits per heavy atom. The molecule has 0 radical (unpaired) electrons. The van der Waals surface area contributed by atoms with Crippen LogP contribution in [-0.4, -0.2) is 9.78 Å². The van der Waals surface area contributed by atoms with Crippen LogP contribution in [0.25, 0.3) is 0 Å². The number of nitrogens with zero attached hydrogens (tertiary/aromatic N) is 2. The number of halogens is 1. The number of nitrogens with one attached hydrogen (secondary N) is 1. The maximum absolute atomic E-state index is 6.30. The maximum atomic E-state index is 6.30. The number of nitrogens with two attached hydrogens (primary N) is 1. The van der Waals surface area contributed by atoms with Crippen molar-refractivity contribution >= 4 is 11.6 Å². The summed E-state index contributed by atoms with van der Waals surface area (Å²) in [5.41, 5.74) is 5.76. The fraction of sp³-hybridized carbons (Fsp3) is 0.250. The normalized spacial score (nSPS) is 12.7. The number of aryl methyl sites for hydroxylation is 2. The first kappa shape index (κ1) is 12.1. The van der Waals surface area contributed by atoms with Crippen molar-refractivity contribution in [1.29, 1.82) is 0 Å². The minimum absolute atomic E-state index is 0.143. The number of rotatable bonds is 3. The van der Waals surface area contributed by atoms with Gasteiger partial charge in [-0.15, -0.1) is 0 Å². The summed E-state index contributed by atoms with van der Waals surface area (Å²) in [6.07, 6.45) is 3.70. The molecule has 2 aromatic rings. The van der Waals surface area contributed by atoms with Crippen molar-refractivity contribution in [2.24, 2.45) is 12.9 Å². The summed E-state index contributed by atoms with van der Waals surface area (Å²) >= 11 is 6.30. The number of aromatic nitrogens is 2. The quantitative estimate of drug-likeness (QED) is 0.647. The summed E-state index contributed by atoms with van der Waals surface area (Å²) in [7, 11) is 1.87. The summed E-state index contributed by atoms with van der Waals surface area (Å²) < 4.78 is 1.74. The van der Waals surface area contributed by atoms with Crippen molar-refractivity contribution in [3.63, 3.8) is 0 Å². The van der Waals surface area contributed by atoms with Crippen LogP contribution in [0.5, 0.6) is 0 Å². The van der Waals surface area contributed by atoms with Crippen LogP contribution in [0.1, 0.15) is 22.7 Å². The van der Waals surface area contributed by atoms with E-state index in [1.165, 1.54) is 0 Å². The molecule has 0 fully saturated rings. The minimum atomic E-state index is -0.143. The molecule has 4 nitrogen and oxygen atoms in total. The van der Waals surface area contributed by atoms with Gasteiger partial charge in [-0.05, 0) is 18.1 Å². The molecule has 1 aromatic heterocycles. The zero-order chi connectivity index (χ0) is 12.4. The molecule has 0 aliphatic rings. The van der Waals surface area contributed by atoms with E-state index in [0.717, 1.165) is 21.7 Å². The van der Waals surface area contributed by atoms with Crippen molar-refractivity contribution in [2.45, 2.75) is 13.0 Å². The van der Waals surface area contributed by atoms with Gasteiger partial charge in [-0.2, -0.15) is 5.10 Å². The Balaban J connectivity index is 2.45. The molecule has 2 rings (SSSR count). The smallest absolute Gasteiger partial charge is 0.0755 e. The van der Waals surface area contributed by atoms with Crippen molar-refractivity contribution in [3.05, 3.63) is 52.3 Å². The maximum Gasteiger partial charge on any atom is 0.0755 e. The molecule has 1 unspecified atom stereocenters. The first-order chi connectivity index (χ1) is 8.13. The molecule has 17 heavy (non-hydrogen) atoms. The Kier molecular flexibility index (Phi) is 3.47. The topological polar surface area (TPSA) is 55.9 Å². The molecule has 0 saturated heterocycles. The average molecular weight is 251 g/mol. The van der Waals surface area contributed by atoms with Gasteiger partial charge in [-0.25, -0.2) is 5.43 Å². The largest absolute Gasteiger partial charge is 0.275 e. The van der Waals surface area contributed by atoms with Gasteiger partial charge >= 0.3 is 0 Å². The summed E-state index contributed by atoms with van der Waals surface area (Å²) in [6.45, 7) is 1.97. The second-order valence-electron chi connectivity index (χ2n) is 4.03. The molecule has 1 aromatic carbocycles. The number of hydrogen-bond acceptors (Lipinski definition) is 3. The van der Waals surface area contributed by atoms with Crippen LogP contribution in [0.4, 0.5) is 0 Å². The Morgan fingerprint density at radius 1 is 1.47 bits per heavy atom. The van der Waals surface area contributed by atoms with Gasteiger partial charge < -0.3 is 0 Å². The van der Waals surface area contributed by atoms with Crippen LogP contribution in [0.15, 0.2) is 30.6 Å². The van der Waals surface area contributed by atoms with Gasteiger partial charge in [0.05, 0.1) is 12.2 Å². The highest BCUT2D eigenvalue weighted by molar-refractivity contribution is 6.32. The van der Waals surface area contributed by atoms with Gasteiger partial charge in [0.1, 0.15) is 0 Å². The minimum Gasteiger partial charge on any atom is -0.275 e. The Bertz CT molecular complexity index is 521. The SMILES string of the molecule is Cc1cccc(C(NN)c2cnn(C)c2)c1Cl. The third kappa shape index (κ3) is 2.34. The molecule has 5 heteroatoms. The third-order valence-corrected chi connectivity index (χ3v) is 3.27. The fourth-order valence-electron chi connectivity index (χ4n) is 1.85. The molecule has 0 spiro atoms. The second kappa shape index (κ2) is 4.87. The van der Waals surface area contributed by atoms with Crippen LogP contribution < -0.4 is 11.3 Å². The first-order valence-corrected chi connectivity index (χ1v) is 5.71. The standard InChI is InChI=1S/C12H15ClN4/c1-8-4-3-5-10(11(8)13)12(16-14)9-6-15-17(2)7-9/h3-7,12,16H,14H2,1-2H3. The summed E-state index contributed by atoms with van der Waals surface area (Å²) in [5.74, 6) is 5.62. The van der Waals surface area contributed by atoms with Gasteiger partial charge in [-0.1, -0.05) is 29.8 Å². The Morgan fingerprint density at radius 3 is 2.82 bits per heavy atom. The second-order valence-corrected chi connectivity index (χ2v) is 4.40. The van der Waals surface area contributed by atoms with E-state index >= 15 is 0 Å². The van der Waals surface area contributed by atoms with Gasteiger partial charge in [0.25, 0.3) is 0 Å². The van der Waals surface area contributed by atoms with Gasteiger partial charge in [0.15, 0.2) is 0 Å². The van der Waals surface area contributed by atoms with Crippen molar-refractivity contribution in [2.75, 3.05) is 0 Å². The van der Waals surface area contributed by atoms with Crippen LogP contribution in [0.3, 0.4) is 0 Å². The van der Waals surface area contributed by atoms with E-state index in [1.54, 1.807) is 10.9 Å². The molecule has 3 N–H and O–H groups in total. The van der Waals surface area contributed by atoms with E-state index in [4.69, 9.17) is 17.4 Å². The predicted molar refractivity (Wildman–Crippen MR) is 68.6 cm³/mol. The summed E-state index contributed by atoms with van der Waals surface area (Å²) in [5, 5.41) is 4.88. The lowest BCUT2D eigenvalue weighted by Gasteiger charge is -2.17. The third-order valence-electron chi connectivity index (χ3n) is 2.76. The molecule has 0 saturated carbocycles. The molecule has 0 amide bonds. The van der Waals surface area contributed by atoms with E-state index in [1.807, 2.05) is 38.4 Å². The number of benzene rings is 1. The molecule has 90 valence electrons. The van der Waals surface area contributed by atoms with Crippen LogP contribution in [0.2, 0.25) is 5.02 Å². The molecule has 1 heterocycles. The van der Waals surface area contributed by atoms with Gasteiger partial charge in [0, 0.05) is 23.8 Å². The Hall–Kier alpha value is -1.36. The molecule has 1 atom stereocenters. The Labute approximate surface area is 105 Å². The van der Waals surface area contributed by atoms with Crippen molar-refractivity contribution in [3.8, 4) is 0 Å². The lowest BCUT2D eigenvalue weighted by atomic mass is 10.0. The molecule has 0 aliphatic heterocycles. The predicted octanol–water partition coefficient (Wildman–Crippen LogP) is 1.93. The molecule has 0 aliphatic carbocycles. The monoisotopic (exact) mass is 250 g/mol. The van der Waals surface area contributed by atoms with E-state index < -0.39 is 0 Å². The van der Waals surface area contributed by atoms with Crippen molar-refractivity contribution in [1.82, 2.24) is 15.2 Å². The molecular formula is C12H15ClN4. The van der Waals surface area contributed by atoms with E-state index in [0.29, 0.717) is 0 Å². The first-order valence-electron chi connectivity index (χ1n) is 5.33. The highest BCUT2D eigenvalue weighted by Crippen LogP contribution is 2.29. The molecule has 0 bridgehead atoms. The van der Waals surface area contributed by atoms with Gasteiger partial charge in [0.2, 0.25) is 0 Å².